The quantitative estimate of drug-likeness (QED) is 0.213. The summed E-state index contributed by atoms with van der Waals surface area (Å²) in [5.74, 6) is 1.08. The maximum absolute atomic E-state index is 13.3. The van der Waals surface area contributed by atoms with Gasteiger partial charge in [-0.3, -0.25) is 9.59 Å². The minimum absolute atomic E-state index is 0.0619. The van der Waals surface area contributed by atoms with Gasteiger partial charge in [-0.2, -0.15) is 0 Å². The van der Waals surface area contributed by atoms with Crippen molar-refractivity contribution in [3.05, 3.63) is 58.4 Å². The first-order valence-corrected chi connectivity index (χ1v) is 13.7. The van der Waals surface area contributed by atoms with Crippen LogP contribution in [0.3, 0.4) is 0 Å². The first-order chi connectivity index (χ1) is 17.9. The molecule has 3 aromatic rings. The molecule has 6 nitrogen and oxygen atoms in total. The van der Waals surface area contributed by atoms with E-state index in [4.69, 9.17) is 4.42 Å². The van der Waals surface area contributed by atoms with E-state index in [1.54, 1.807) is 30.3 Å². The molecule has 0 saturated carbocycles. The molecule has 2 N–H and O–H groups in total. The number of hydrogen-bond acceptors (Lipinski definition) is 5. The standard InChI is InChI=1S/C31H41NO5/c1-3-4-21-32(2)29(35)14-12-10-8-6-5-7-9-11-13-27-30(23-15-17-24(33)18-16-23)31(36)26-20-19-25(34)22-28(26)37-27/h15-20,22,33-34H,3-14,21H2,1-2H3. The Morgan fingerprint density at radius 2 is 1.46 bits per heavy atom. The van der Waals surface area contributed by atoms with Gasteiger partial charge < -0.3 is 19.5 Å². The van der Waals surface area contributed by atoms with Crippen LogP contribution in [0.15, 0.2) is 51.7 Å². The molecular weight excluding hydrogens is 466 g/mol. The summed E-state index contributed by atoms with van der Waals surface area (Å²) in [6.07, 6.45) is 12.1. The average molecular weight is 508 g/mol. The maximum Gasteiger partial charge on any atom is 0.222 e. The van der Waals surface area contributed by atoms with Crippen LogP contribution in [-0.2, 0) is 11.2 Å². The molecule has 2 aromatic carbocycles. The molecule has 6 heteroatoms. The Kier molecular flexibility index (Phi) is 11.1. The van der Waals surface area contributed by atoms with E-state index >= 15 is 0 Å². The third-order valence-electron chi connectivity index (χ3n) is 6.92. The second-order valence-electron chi connectivity index (χ2n) is 9.95. The summed E-state index contributed by atoms with van der Waals surface area (Å²) in [5.41, 5.74) is 1.49. The van der Waals surface area contributed by atoms with Crippen LogP contribution >= 0.6 is 0 Å². The average Bonchev–Trinajstić information content (AvgIpc) is 2.88. The number of nitrogens with zero attached hydrogens (tertiary/aromatic N) is 1. The summed E-state index contributed by atoms with van der Waals surface area (Å²) in [4.78, 5) is 27.2. The lowest BCUT2D eigenvalue weighted by molar-refractivity contribution is -0.130. The van der Waals surface area contributed by atoms with Gasteiger partial charge in [-0.15, -0.1) is 0 Å². The SMILES string of the molecule is CCCCN(C)C(=O)CCCCCCCCCCc1oc2cc(O)ccc2c(=O)c1-c1ccc(O)cc1. The predicted octanol–water partition coefficient (Wildman–Crippen LogP) is 7.18. The number of fused-ring (bicyclic) bond motifs is 1. The van der Waals surface area contributed by atoms with Crippen LogP contribution in [0, 0.1) is 0 Å². The Morgan fingerprint density at radius 1 is 0.838 bits per heavy atom. The molecule has 0 aliphatic heterocycles. The number of hydrogen-bond donors (Lipinski definition) is 2. The van der Waals surface area contributed by atoms with Gasteiger partial charge in [-0.25, -0.2) is 0 Å². The van der Waals surface area contributed by atoms with E-state index in [1.165, 1.54) is 18.6 Å². The van der Waals surface area contributed by atoms with Gasteiger partial charge in [0, 0.05) is 32.5 Å². The molecule has 1 heterocycles. The molecule has 0 aliphatic carbocycles. The zero-order valence-corrected chi connectivity index (χ0v) is 22.3. The Morgan fingerprint density at radius 3 is 2.14 bits per heavy atom. The number of benzene rings is 2. The van der Waals surface area contributed by atoms with E-state index in [1.807, 2.05) is 11.9 Å². The van der Waals surface area contributed by atoms with Gasteiger partial charge in [0.1, 0.15) is 22.8 Å². The van der Waals surface area contributed by atoms with Crippen LogP contribution in [0.5, 0.6) is 11.5 Å². The lowest BCUT2D eigenvalue weighted by atomic mass is 9.98. The highest BCUT2D eigenvalue weighted by Crippen LogP contribution is 2.29. The third-order valence-corrected chi connectivity index (χ3v) is 6.92. The first-order valence-electron chi connectivity index (χ1n) is 13.7. The molecule has 37 heavy (non-hydrogen) atoms. The molecule has 0 bridgehead atoms. The van der Waals surface area contributed by atoms with Gasteiger partial charge in [0.25, 0.3) is 0 Å². The van der Waals surface area contributed by atoms with Gasteiger partial charge in [-0.05, 0) is 49.1 Å². The van der Waals surface area contributed by atoms with Crippen molar-refractivity contribution in [2.75, 3.05) is 13.6 Å². The monoisotopic (exact) mass is 507 g/mol. The second-order valence-corrected chi connectivity index (χ2v) is 9.95. The van der Waals surface area contributed by atoms with Crippen LogP contribution in [0.4, 0.5) is 0 Å². The molecule has 0 unspecified atom stereocenters. The van der Waals surface area contributed by atoms with Crippen molar-refractivity contribution in [2.24, 2.45) is 0 Å². The Balaban J connectivity index is 1.46. The molecule has 0 radical (unpaired) electrons. The molecule has 200 valence electrons. The molecule has 0 atom stereocenters. The van der Waals surface area contributed by atoms with Crippen molar-refractivity contribution in [1.82, 2.24) is 4.90 Å². The van der Waals surface area contributed by atoms with Crippen molar-refractivity contribution < 1.29 is 19.4 Å². The van der Waals surface area contributed by atoms with E-state index in [-0.39, 0.29) is 22.8 Å². The summed E-state index contributed by atoms with van der Waals surface area (Å²) in [5, 5.41) is 19.9. The van der Waals surface area contributed by atoms with Crippen LogP contribution in [0.1, 0.15) is 83.3 Å². The largest absolute Gasteiger partial charge is 0.508 e. The summed E-state index contributed by atoms with van der Waals surface area (Å²) < 4.78 is 6.12. The second kappa shape index (κ2) is 14.5. The van der Waals surface area contributed by atoms with E-state index in [9.17, 15) is 19.8 Å². The van der Waals surface area contributed by atoms with Gasteiger partial charge >= 0.3 is 0 Å². The third kappa shape index (κ3) is 8.38. The first kappa shape index (κ1) is 28.3. The minimum Gasteiger partial charge on any atom is -0.508 e. The summed E-state index contributed by atoms with van der Waals surface area (Å²) in [6, 6.07) is 11.2. The van der Waals surface area contributed by atoms with Crippen LogP contribution < -0.4 is 5.43 Å². The van der Waals surface area contributed by atoms with Gasteiger partial charge in [0.15, 0.2) is 0 Å². The summed E-state index contributed by atoms with van der Waals surface area (Å²) in [6.45, 7) is 3.00. The molecule has 0 spiro atoms. The molecule has 0 fully saturated rings. The fourth-order valence-corrected chi connectivity index (χ4v) is 4.66. The van der Waals surface area contributed by atoms with Crippen molar-refractivity contribution in [1.29, 1.82) is 0 Å². The number of unbranched alkanes of at least 4 members (excludes halogenated alkanes) is 8. The van der Waals surface area contributed by atoms with E-state index < -0.39 is 0 Å². The predicted molar refractivity (Wildman–Crippen MR) is 149 cm³/mol. The smallest absolute Gasteiger partial charge is 0.222 e. The lowest BCUT2D eigenvalue weighted by Crippen LogP contribution is -2.27. The summed E-state index contributed by atoms with van der Waals surface area (Å²) in [7, 11) is 1.90. The van der Waals surface area contributed by atoms with Crippen molar-refractivity contribution in [2.45, 2.75) is 84.0 Å². The number of aryl methyl sites for hydroxylation is 1. The highest BCUT2D eigenvalue weighted by atomic mass is 16.3. The fraction of sp³-hybridized carbons (Fsp3) is 0.484. The number of amides is 1. The maximum atomic E-state index is 13.3. The highest BCUT2D eigenvalue weighted by Gasteiger charge is 2.16. The van der Waals surface area contributed by atoms with E-state index in [2.05, 4.69) is 6.92 Å². The Labute approximate surface area is 219 Å². The molecule has 0 saturated heterocycles. The van der Waals surface area contributed by atoms with Gasteiger partial charge in [0.2, 0.25) is 11.3 Å². The topological polar surface area (TPSA) is 91.0 Å². The van der Waals surface area contributed by atoms with Crippen molar-refractivity contribution >= 4 is 16.9 Å². The molecular formula is C31H41NO5. The number of rotatable bonds is 15. The normalized spacial score (nSPS) is 11.2. The number of carbonyl (C=O) groups excluding carboxylic acids is 1. The molecule has 0 aliphatic rings. The fourth-order valence-electron chi connectivity index (χ4n) is 4.66. The molecule has 3 rings (SSSR count). The van der Waals surface area contributed by atoms with Crippen molar-refractivity contribution in [3.63, 3.8) is 0 Å². The molecule has 1 amide bonds. The lowest BCUT2D eigenvalue weighted by Gasteiger charge is -2.16. The highest BCUT2D eigenvalue weighted by molar-refractivity contribution is 5.84. The van der Waals surface area contributed by atoms with E-state index in [0.717, 1.165) is 64.3 Å². The Hall–Kier alpha value is -3.28. The van der Waals surface area contributed by atoms with Crippen LogP contribution in [-0.4, -0.2) is 34.6 Å². The number of carbonyl (C=O) groups is 1. The number of phenols is 2. The zero-order valence-electron chi connectivity index (χ0n) is 22.3. The van der Waals surface area contributed by atoms with Gasteiger partial charge in [0.05, 0.1) is 10.9 Å². The molecule has 1 aromatic heterocycles. The van der Waals surface area contributed by atoms with Gasteiger partial charge in [-0.1, -0.05) is 64.0 Å². The van der Waals surface area contributed by atoms with E-state index in [0.29, 0.717) is 40.7 Å². The zero-order chi connectivity index (χ0) is 26.6. The number of phenolic OH excluding ortho intramolecular Hbond substituents is 2. The summed E-state index contributed by atoms with van der Waals surface area (Å²) >= 11 is 0. The van der Waals surface area contributed by atoms with Crippen molar-refractivity contribution in [3.8, 4) is 22.6 Å². The van der Waals surface area contributed by atoms with Crippen LogP contribution in [0.25, 0.3) is 22.1 Å². The number of aromatic hydroxyl groups is 2. The minimum atomic E-state index is -0.128. The Bertz CT molecular complexity index is 1200. The van der Waals surface area contributed by atoms with Crippen LogP contribution in [0.2, 0.25) is 0 Å².